The summed E-state index contributed by atoms with van der Waals surface area (Å²) in [5, 5.41) is 0. The number of carbonyl (C=O) groups excluding carboxylic acids is 2. The summed E-state index contributed by atoms with van der Waals surface area (Å²) in [6.45, 7) is 0. The first-order valence-electron chi connectivity index (χ1n) is 7.35. The van der Waals surface area contributed by atoms with Crippen LogP contribution in [0.15, 0.2) is 60.7 Å². The van der Waals surface area contributed by atoms with Crippen LogP contribution in [0.2, 0.25) is 0 Å². The maximum Gasteiger partial charge on any atom is 0.143 e. The van der Waals surface area contributed by atoms with E-state index in [-0.39, 0.29) is 11.2 Å². The molecule has 1 fully saturated rings. The van der Waals surface area contributed by atoms with Crippen LogP contribution in [0.4, 0.5) is 0 Å². The van der Waals surface area contributed by atoms with Gasteiger partial charge in [0.05, 0.1) is 5.92 Å². The van der Waals surface area contributed by atoms with Gasteiger partial charge in [-0.05, 0) is 24.0 Å². The minimum absolute atomic E-state index is 0.0764. The first-order valence-corrected chi connectivity index (χ1v) is 7.35. The summed E-state index contributed by atoms with van der Waals surface area (Å²) >= 11 is 0. The quantitative estimate of drug-likeness (QED) is 0.635. The number of hydrogen-bond donors (Lipinski definition) is 0. The fraction of sp³-hybridized carbons (Fsp3) is 0.263. The monoisotopic (exact) mass is 278 g/mol. The Kier molecular flexibility index (Phi) is 3.70. The highest BCUT2D eigenvalue weighted by molar-refractivity contribution is 5.94. The Morgan fingerprint density at radius 3 is 1.90 bits per heavy atom. The lowest BCUT2D eigenvalue weighted by molar-refractivity contribution is -0.130. The van der Waals surface area contributed by atoms with Gasteiger partial charge in [-0.3, -0.25) is 4.79 Å². The van der Waals surface area contributed by atoms with Crippen LogP contribution in [0, 0.1) is 5.92 Å². The average molecular weight is 278 g/mol. The molecule has 1 aliphatic carbocycles. The Labute approximate surface area is 124 Å². The number of rotatable bonds is 3. The lowest BCUT2D eigenvalue weighted by Crippen LogP contribution is -2.39. The number of hydrogen-bond acceptors (Lipinski definition) is 2. The van der Waals surface area contributed by atoms with Crippen LogP contribution >= 0.6 is 0 Å². The normalized spacial score (nSPS) is 21.0. The van der Waals surface area contributed by atoms with E-state index in [9.17, 15) is 9.59 Å². The Bertz CT molecular complexity index is 592. The molecule has 21 heavy (non-hydrogen) atoms. The third-order valence-electron chi connectivity index (χ3n) is 4.60. The molecule has 2 aromatic rings. The topological polar surface area (TPSA) is 34.1 Å². The van der Waals surface area contributed by atoms with Crippen LogP contribution in [0.3, 0.4) is 0 Å². The zero-order chi connectivity index (χ0) is 14.7. The molecule has 2 aromatic carbocycles. The molecule has 0 N–H and O–H groups in total. The first kappa shape index (κ1) is 13.7. The van der Waals surface area contributed by atoms with Crippen LogP contribution in [0.1, 0.15) is 30.4 Å². The predicted octanol–water partition coefficient (Wildman–Crippen LogP) is 3.54. The second-order valence-electron chi connectivity index (χ2n) is 5.73. The van der Waals surface area contributed by atoms with E-state index in [4.69, 9.17) is 0 Å². The summed E-state index contributed by atoms with van der Waals surface area (Å²) in [6, 6.07) is 20.5. The van der Waals surface area contributed by atoms with Crippen molar-refractivity contribution in [2.75, 3.05) is 0 Å². The lowest BCUT2D eigenvalue weighted by atomic mass is 9.62. The van der Waals surface area contributed by atoms with Crippen molar-refractivity contribution in [3.8, 4) is 0 Å². The SMILES string of the molecule is O=CC1CC(c2ccccc2)(c2ccccc2)CCC1=O. The average Bonchev–Trinajstić information content (AvgIpc) is 2.57. The highest BCUT2D eigenvalue weighted by Crippen LogP contribution is 2.45. The smallest absolute Gasteiger partial charge is 0.143 e. The van der Waals surface area contributed by atoms with Crippen molar-refractivity contribution < 1.29 is 9.59 Å². The second-order valence-corrected chi connectivity index (χ2v) is 5.73. The molecule has 0 heterocycles. The molecule has 106 valence electrons. The zero-order valence-electron chi connectivity index (χ0n) is 11.9. The van der Waals surface area contributed by atoms with Gasteiger partial charge in [0.1, 0.15) is 12.1 Å². The van der Waals surface area contributed by atoms with Gasteiger partial charge >= 0.3 is 0 Å². The highest BCUT2D eigenvalue weighted by atomic mass is 16.1. The first-order chi connectivity index (χ1) is 10.3. The molecule has 2 heteroatoms. The molecule has 0 saturated heterocycles. The maximum absolute atomic E-state index is 11.9. The lowest BCUT2D eigenvalue weighted by Gasteiger charge is -2.40. The number of Topliss-reactive ketones (excluding diaryl/α,β-unsaturated/α-hetero) is 1. The van der Waals surface area contributed by atoms with Crippen molar-refractivity contribution in [1.29, 1.82) is 0 Å². The number of benzene rings is 2. The van der Waals surface area contributed by atoms with Crippen LogP contribution in [0.25, 0.3) is 0 Å². The molecule has 0 aliphatic heterocycles. The molecule has 1 atom stereocenters. The van der Waals surface area contributed by atoms with Gasteiger partial charge in [-0.2, -0.15) is 0 Å². The molecule has 2 nitrogen and oxygen atoms in total. The van der Waals surface area contributed by atoms with Crippen molar-refractivity contribution in [3.05, 3.63) is 71.8 Å². The third-order valence-corrected chi connectivity index (χ3v) is 4.60. The fourth-order valence-electron chi connectivity index (χ4n) is 3.44. The van der Waals surface area contributed by atoms with Crippen LogP contribution in [-0.2, 0) is 15.0 Å². The predicted molar refractivity (Wildman–Crippen MR) is 82.1 cm³/mol. The summed E-state index contributed by atoms with van der Waals surface area (Å²) < 4.78 is 0. The second kappa shape index (κ2) is 5.65. The van der Waals surface area contributed by atoms with E-state index >= 15 is 0 Å². The Hall–Kier alpha value is -2.22. The van der Waals surface area contributed by atoms with Gasteiger partial charge in [-0.25, -0.2) is 0 Å². The van der Waals surface area contributed by atoms with E-state index in [1.54, 1.807) is 0 Å². The van der Waals surface area contributed by atoms with Gasteiger partial charge in [0.25, 0.3) is 0 Å². The molecule has 1 unspecified atom stereocenters. The van der Waals surface area contributed by atoms with Crippen LogP contribution in [-0.4, -0.2) is 12.1 Å². The van der Waals surface area contributed by atoms with Gasteiger partial charge in [-0.15, -0.1) is 0 Å². The molecule has 1 saturated carbocycles. The molecule has 1 aliphatic rings. The van der Waals surface area contributed by atoms with E-state index in [1.165, 1.54) is 11.1 Å². The van der Waals surface area contributed by atoms with Crippen molar-refractivity contribution in [2.45, 2.75) is 24.7 Å². The molecule has 3 rings (SSSR count). The van der Waals surface area contributed by atoms with Gasteiger partial charge in [-0.1, -0.05) is 60.7 Å². The van der Waals surface area contributed by atoms with Crippen LogP contribution < -0.4 is 0 Å². The van der Waals surface area contributed by atoms with Crippen molar-refractivity contribution in [1.82, 2.24) is 0 Å². The Morgan fingerprint density at radius 1 is 0.905 bits per heavy atom. The minimum Gasteiger partial charge on any atom is -0.303 e. The van der Waals surface area contributed by atoms with Gasteiger partial charge in [0.15, 0.2) is 0 Å². The van der Waals surface area contributed by atoms with E-state index in [2.05, 4.69) is 24.3 Å². The number of aldehydes is 1. The van der Waals surface area contributed by atoms with Crippen molar-refractivity contribution in [3.63, 3.8) is 0 Å². The Morgan fingerprint density at radius 2 is 1.43 bits per heavy atom. The number of carbonyl (C=O) groups is 2. The molecule has 0 amide bonds. The summed E-state index contributed by atoms with van der Waals surface area (Å²) in [7, 11) is 0. The molecule has 0 radical (unpaired) electrons. The Balaban J connectivity index is 2.12. The summed E-state index contributed by atoms with van der Waals surface area (Å²) in [5.74, 6) is -0.411. The van der Waals surface area contributed by atoms with E-state index in [1.807, 2.05) is 36.4 Å². The molecule has 0 aromatic heterocycles. The van der Waals surface area contributed by atoms with Gasteiger partial charge in [0, 0.05) is 11.8 Å². The van der Waals surface area contributed by atoms with E-state index < -0.39 is 5.92 Å². The highest BCUT2D eigenvalue weighted by Gasteiger charge is 2.42. The largest absolute Gasteiger partial charge is 0.303 e. The fourth-order valence-corrected chi connectivity index (χ4v) is 3.44. The maximum atomic E-state index is 11.9. The molecular formula is C19H18O2. The van der Waals surface area contributed by atoms with Crippen molar-refractivity contribution in [2.24, 2.45) is 5.92 Å². The third kappa shape index (κ3) is 2.42. The number of ketones is 1. The van der Waals surface area contributed by atoms with E-state index in [0.717, 1.165) is 12.7 Å². The standard InChI is InChI=1S/C19H18O2/c20-14-15-13-19(12-11-18(15)21,16-7-3-1-4-8-16)17-9-5-2-6-10-17/h1-10,14-15H,11-13H2. The minimum atomic E-state index is -0.487. The van der Waals surface area contributed by atoms with Crippen LogP contribution in [0.5, 0.6) is 0 Å². The van der Waals surface area contributed by atoms with Gasteiger partial charge < -0.3 is 4.79 Å². The molecule has 0 bridgehead atoms. The summed E-state index contributed by atoms with van der Waals surface area (Å²) in [4.78, 5) is 23.2. The van der Waals surface area contributed by atoms with Gasteiger partial charge in [0.2, 0.25) is 0 Å². The summed E-state index contributed by atoms with van der Waals surface area (Å²) in [6.07, 6.45) is 2.63. The van der Waals surface area contributed by atoms with E-state index in [0.29, 0.717) is 12.8 Å². The summed E-state index contributed by atoms with van der Waals surface area (Å²) in [5.41, 5.74) is 2.15. The molecular weight excluding hydrogens is 260 g/mol. The van der Waals surface area contributed by atoms with Crippen molar-refractivity contribution >= 4 is 12.1 Å². The zero-order valence-corrected chi connectivity index (χ0v) is 11.9. The molecule has 0 spiro atoms.